The van der Waals surface area contributed by atoms with Gasteiger partial charge in [0.15, 0.2) is 17.6 Å². The smallest absolute Gasteiger partial charge is 0.410 e. The second-order valence-corrected chi connectivity index (χ2v) is 11.2. The quantitative estimate of drug-likeness (QED) is 0.411. The van der Waals surface area contributed by atoms with Crippen molar-refractivity contribution >= 4 is 28.7 Å². The Bertz CT molecular complexity index is 991. The highest BCUT2D eigenvalue weighted by Gasteiger charge is 2.80. The molecule has 3 heterocycles. The highest BCUT2D eigenvalue weighted by atomic mass is 127. The largest absolute Gasteiger partial charge is 0.493 e. The topological polar surface area (TPSA) is 66.5 Å². The van der Waals surface area contributed by atoms with Crippen LogP contribution in [0.5, 0.6) is 11.5 Å². The van der Waals surface area contributed by atoms with Gasteiger partial charge in [0.2, 0.25) is 5.79 Å². The maximum atomic E-state index is 13.4. The summed E-state index contributed by atoms with van der Waals surface area (Å²) in [6, 6.07) is 4.18. The average Bonchev–Trinajstić information content (AvgIpc) is 3.25. The summed E-state index contributed by atoms with van der Waals surface area (Å²) in [6.07, 6.45) is 4.88. The van der Waals surface area contributed by atoms with Gasteiger partial charge in [-0.2, -0.15) is 0 Å². The second kappa shape index (κ2) is 6.66. The molecule has 3 aliphatic heterocycles. The van der Waals surface area contributed by atoms with Gasteiger partial charge in [-0.05, 0) is 49.7 Å². The molecular formula is C24H28INO6. The van der Waals surface area contributed by atoms with Crippen LogP contribution in [0.3, 0.4) is 0 Å². The van der Waals surface area contributed by atoms with E-state index in [-0.39, 0.29) is 18.2 Å². The molecule has 0 unspecified atom stereocenters. The van der Waals surface area contributed by atoms with E-state index in [4.69, 9.17) is 23.7 Å². The minimum Gasteiger partial charge on any atom is -0.493 e. The van der Waals surface area contributed by atoms with Gasteiger partial charge in [-0.3, -0.25) is 0 Å². The lowest BCUT2D eigenvalue weighted by Crippen LogP contribution is -2.74. The normalized spacial score (nSPS) is 37.8. The van der Waals surface area contributed by atoms with E-state index in [1.165, 1.54) is 18.4 Å². The number of halogens is 1. The predicted molar refractivity (Wildman–Crippen MR) is 123 cm³/mol. The number of benzene rings is 1. The van der Waals surface area contributed by atoms with Gasteiger partial charge in [0.1, 0.15) is 5.60 Å². The molecule has 1 amide bonds. The Hall–Kier alpha value is -1.26. The maximum Gasteiger partial charge on any atom is 0.410 e. The summed E-state index contributed by atoms with van der Waals surface area (Å²) in [5.74, 6) is 1.32. The molecule has 0 bridgehead atoms. The van der Waals surface area contributed by atoms with Crippen molar-refractivity contribution in [3.8, 4) is 11.5 Å². The molecule has 4 fully saturated rings. The first-order chi connectivity index (χ1) is 15.6. The highest BCUT2D eigenvalue weighted by molar-refractivity contribution is 14.1. The fourth-order valence-corrected chi connectivity index (χ4v) is 8.27. The van der Waals surface area contributed by atoms with E-state index in [1.807, 2.05) is 11.0 Å². The number of carbonyl (C=O) groups excluding carboxylic acids is 1. The Balaban J connectivity index is 1.48. The van der Waals surface area contributed by atoms with Crippen LogP contribution in [0.4, 0.5) is 4.79 Å². The Morgan fingerprint density at radius 2 is 2.03 bits per heavy atom. The van der Waals surface area contributed by atoms with Crippen molar-refractivity contribution in [1.82, 2.24) is 4.90 Å². The average molecular weight is 553 g/mol. The maximum absolute atomic E-state index is 13.4. The summed E-state index contributed by atoms with van der Waals surface area (Å²) in [5.41, 5.74) is 1.24. The molecule has 7 rings (SSSR count). The number of nitrogens with zero attached hydrogens (tertiary/aromatic N) is 1. The van der Waals surface area contributed by atoms with E-state index >= 15 is 0 Å². The summed E-state index contributed by atoms with van der Waals surface area (Å²) in [5, 5.41) is 0. The number of carbonyl (C=O) groups is 1. The van der Waals surface area contributed by atoms with Gasteiger partial charge in [0, 0.05) is 23.0 Å². The summed E-state index contributed by atoms with van der Waals surface area (Å²) in [4.78, 5) is 15.4. The summed E-state index contributed by atoms with van der Waals surface area (Å²) < 4.78 is 32.6. The van der Waals surface area contributed by atoms with Crippen LogP contribution in [0.15, 0.2) is 12.1 Å². The van der Waals surface area contributed by atoms with Gasteiger partial charge in [-0.1, -0.05) is 28.7 Å². The number of rotatable bonds is 5. The van der Waals surface area contributed by atoms with Crippen LogP contribution in [0.2, 0.25) is 0 Å². The molecule has 7 nitrogen and oxygen atoms in total. The molecule has 2 saturated carbocycles. The minimum absolute atomic E-state index is 0.00949. The standard InChI is InChI=1S/C24H28INO6/c1-28-16-5-4-15-12-17-23(32-21(27)26(17)13-14-2-3-14)6-7-24(29-10-11-30-24)20-22(23,8-9-25)18(15)19(16)31-20/h4-5,14,17,20H,2-3,6-13H2,1H3/t17-,20-,22+,23-/m1/s1. The number of amides is 1. The monoisotopic (exact) mass is 553 g/mol. The molecule has 1 aromatic carbocycles. The van der Waals surface area contributed by atoms with Crippen LogP contribution in [0, 0.1) is 5.92 Å². The summed E-state index contributed by atoms with van der Waals surface area (Å²) in [7, 11) is 1.68. The van der Waals surface area contributed by atoms with Crippen molar-refractivity contribution in [3.05, 3.63) is 23.3 Å². The third-order valence-electron chi connectivity index (χ3n) is 8.81. The fourth-order valence-electron chi connectivity index (χ4n) is 7.42. The van der Waals surface area contributed by atoms with Gasteiger partial charge < -0.3 is 28.6 Å². The highest BCUT2D eigenvalue weighted by Crippen LogP contribution is 2.69. The summed E-state index contributed by atoms with van der Waals surface area (Å²) in [6.45, 7) is 1.92. The Kier molecular flexibility index (Phi) is 4.19. The molecule has 0 radical (unpaired) electrons. The van der Waals surface area contributed by atoms with Crippen LogP contribution < -0.4 is 9.47 Å². The van der Waals surface area contributed by atoms with Crippen molar-refractivity contribution in [2.24, 2.45) is 5.92 Å². The SMILES string of the molecule is COc1ccc2c3c1O[C@H]1C4(CC[C@]5(OC(=O)N(CC6CC6)[C@@H]5C2)[C@@]31CCI)OCCO4. The van der Waals surface area contributed by atoms with Crippen LogP contribution >= 0.6 is 22.6 Å². The number of ether oxygens (including phenoxy) is 5. The van der Waals surface area contributed by atoms with Crippen molar-refractivity contribution in [2.75, 3.05) is 31.3 Å². The van der Waals surface area contributed by atoms with E-state index in [0.29, 0.717) is 25.6 Å². The molecule has 6 aliphatic rings. The van der Waals surface area contributed by atoms with Gasteiger partial charge in [0.05, 0.1) is 31.8 Å². The van der Waals surface area contributed by atoms with Crippen molar-refractivity contribution in [3.63, 3.8) is 0 Å². The molecule has 2 spiro atoms. The molecular weight excluding hydrogens is 525 g/mol. The first kappa shape index (κ1) is 20.1. The lowest BCUT2D eigenvalue weighted by Gasteiger charge is -2.59. The van der Waals surface area contributed by atoms with Crippen molar-refractivity contribution in [2.45, 2.75) is 67.5 Å². The van der Waals surface area contributed by atoms with Gasteiger partial charge in [-0.15, -0.1) is 0 Å². The zero-order chi connectivity index (χ0) is 21.7. The summed E-state index contributed by atoms with van der Waals surface area (Å²) >= 11 is 2.44. The van der Waals surface area contributed by atoms with Crippen LogP contribution in [-0.4, -0.2) is 65.8 Å². The first-order valence-corrected chi connectivity index (χ1v) is 13.3. The van der Waals surface area contributed by atoms with Gasteiger partial charge in [0.25, 0.3) is 0 Å². The first-order valence-electron chi connectivity index (χ1n) is 11.8. The van der Waals surface area contributed by atoms with Crippen LogP contribution in [-0.2, 0) is 26.0 Å². The molecule has 0 N–H and O–H groups in total. The van der Waals surface area contributed by atoms with E-state index in [9.17, 15) is 4.79 Å². The third kappa shape index (κ3) is 2.27. The van der Waals surface area contributed by atoms with E-state index in [2.05, 4.69) is 28.7 Å². The molecule has 4 atom stereocenters. The minimum atomic E-state index is -0.809. The van der Waals surface area contributed by atoms with E-state index < -0.39 is 16.8 Å². The molecule has 172 valence electrons. The lowest BCUT2D eigenvalue weighted by molar-refractivity contribution is -0.276. The zero-order valence-electron chi connectivity index (χ0n) is 18.2. The van der Waals surface area contributed by atoms with Crippen molar-refractivity contribution in [1.29, 1.82) is 0 Å². The third-order valence-corrected chi connectivity index (χ3v) is 9.34. The van der Waals surface area contributed by atoms with Crippen molar-refractivity contribution < 1.29 is 28.5 Å². The Morgan fingerprint density at radius 1 is 1.22 bits per heavy atom. The molecule has 1 aromatic rings. The van der Waals surface area contributed by atoms with Crippen LogP contribution in [0.25, 0.3) is 0 Å². The second-order valence-electron chi connectivity index (χ2n) is 10.1. The molecule has 3 aliphatic carbocycles. The predicted octanol–water partition coefficient (Wildman–Crippen LogP) is 3.58. The molecule has 8 heteroatoms. The zero-order valence-corrected chi connectivity index (χ0v) is 20.4. The number of methoxy groups -OCH3 is 1. The molecule has 0 aromatic heterocycles. The Labute approximate surface area is 201 Å². The lowest BCUT2D eigenvalue weighted by atomic mass is 9.50. The van der Waals surface area contributed by atoms with E-state index in [1.54, 1.807) is 7.11 Å². The number of fused-ring (bicyclic) bond motifs is 1. The van der Waals surface area contributed by atoms with Crippen LogP contribution in [0.1, 0.15) is 43.2 Å². The van der Waals surface area contributed by atoms with E-state index in [0.717, 1.165) is 47.3 Å². The van der Waals surface area contributed by atoms with Gasteiger partial charge in [-0.25, -0.2) is 4.79 Å². The molecule has 32 heavy (non-hydrogen) atoms. The number of alkyl halides is 1. The van der Waals surface area contributed by atoms with Gasteiger partial charge >= 0.3 is 6.09 Å². The number of hydrogen-bond donors (Lipinski definition) is 0. The fraction of sp³-hybridized carbons (Fsp3) is 0.708. The Morgan fingerprint density at radius 3 is 2.75 bits per heavy atom. The molecule has 2 saturated heterocycles. The number of hydrogen-bond acceptors (Lipinski definition) is 6.